The van der Waals surface area contributed by atoms with Crippen molar-refractivity contribution in [3.8, 4) is 11.5 Å². The standard InChI is InChI=1S/C28H23ClFN7O3S/c1-28(20-9-13(12-41-20)8-18(31)26(38)39)21-23(32)33-25(34-24(21)35-27(28)40)22-16-7-6-15(29)10-19(16)37(36-22)11-14-4-2-3-5-17(14)30/h2-7,9-10,12,18H,8,11,31H2,1H3,(H,38,39)(H3,32,33,34,35,40)/t18-,28+/m1/s1. The normalized spacial score (nSPS) is 17.0. The molecule has 1 aliphatic rings. The fourth-order valence-electron chi connectivity index (χ4n) is 5.06. The molecule has 41 heavy (non-hydrogen) atoms. The third-order valence-electron chi connectivity index (χ3n) is 7.25. The second-order valence-electron chi connectivity index (χ2n) is 9.96. The van der Waals surface area contributed by atoms with E-state index in [9.17, 15) is 14.0 Å². The molecule has 1 amide bonds. The number of benzene rings is 2. The molecule has 3 aromatic heterocycles. The number of carboxylic acids is 1. The second kappa shape index (κ2) is 9.91. The minimum Gasteiger partial charge on any atom is -0.480 e. The van der Waals surface area contributed by atoms with Gasteiger partial charge in [-0.15, -0.1) is 11.3 Å². The summed E-state index contributed by atoms with van der Waals surface area (Å²) in [4.78, 5) is 34.4. The summed E-state index contributed by atoms with van der Waals surface area (Å²) in [6, 6.07) is 12.4. The van der Waals surface area contributed by atoms with Crippen LogP contribution in [0.15, 0.2) is 53.9 Å². The van der Waals surface area contributed by atoms with Crippen LogP contribution in [0.4, 0.5) is 16.0 Å². The molecule has 2 aromatic carbocycles. The number of aliphatic carboxylic acids is 1. The number of nitrogens with one attached hydrogen (secondary N) is 1. The molecule has 0 aliphatic carbocycles. The Bertz CT molecular complexity index is 1870. The first-order valence-electron chi connectivity index (χ1n) is 12.5. The van der Waals surface area contributed by atoms with Crippen LogP contribution >= 0.6 is 22.9 Å². The maximum absolute atomic E-state index is 14.5. The van der Waals surface area contributed by atoms with Crippen molar-refractivity contribution in [2.24, 2.45) is 5.73 Å². The molecule has 0 saturated heterocycles. The lowest BCUT2D eigenvalue weighted by molar-refractivity contribution is -0.138. The molecule has 13 heteroatoms. The highest BCUT2D eigenvalue weighted by Gasteiger charge is 2.48. The van der Waals surface area contributed by atoms with Crippen LogP contribution in [-0.2, 0) is 28.0 Å². The monoisotopic (exact) mass is 591 g/mol. The van der Waals surface area contributed by atoms with Gasteiger partial charge in [-0.1, -0.05) is 29.8 Å². The number of hydrogen-bond acceptors (Lipinski definition) is 8. The van der Waals surface area contributed by atoms with Gasteiger partial charge in [-0.05, 0) is 54.6 Å². The van der Waals surface area contributed by atoms with Crippen molar-refractivity contribution >= 4 is 57.4 Å². The molecular weight excluding hydrogens is 569 g/mol. The molecular formula is C28H23ClFN7O3S. The van der Waals surface area contributed by atoms with E-state index in [1.807, 2.05) is 0 Å². The zero-order valence-corrected chi connectivity index (χ0v) is 23.1. The average molecular weight is 592 g/mol. The van der Waals surface area contributed by atoms with Gasteiger partial charge in [0.1, 0.15) is 34.6 Å². The van der Waals surface area contributed by atoms with Crippen LogP contribution in [-0.4, -0.2) is 42.8 Å². The Morgan fingerprint density at radius 2 is 2.02 bits per heavy atom. The van der Waals surface area contributed by atoms with Crippen molar-refractivity contribution in [2.45, 2.75) is 31.3 Å². The van der Waals surface area contributed by atoms with Gasteiger partial charge >= 0.3 is 5.97 Å². The van der Waals surface area contributed by atoms with Crippen LogP contribution in [0.1, 0.15) is 28.5 Å². The fourth-order valence-corrected chi connectivity index (χ4v) is 6.31. The number of nitrogens with two attached hydrogens (primary N) is 2. The van der Waals surface area contributed by atoms with Crippen molar-refractivity contribution in [2.75, 3.05) is 11.1 Å². The van der Waals surface area contributed by atoms with Gasteiger partial charge in [0.25, 0.3) is 0 Å². The molecule has 208 valence electrons. The van der Waals surface area contributed by atoms with Crippen molar-refractivity contribution < 1.29 is 19.1 Å². The van der Waals surface area contributed by atoms with Gasteiger partial charge in [0.05, 0.1) is 17.6 Å². The largest absolute Gasteiger partial charge is 0.480 e. The summed E-state index contributed by atoms with van der Waals surface area (Å²) < 4.78 is 16.1. The number of fused-ring (bicyclic) bond motifs is 2. The third kappa shape index (κ3) is 4.49. The summed E-state index contributed by atoms with van der Waals surface area (Å²) in [5.41, 5.74) is 13.6. The van der Waals surface area contributed by atoms with Crippen LogP contribution in [0.2, 0.25) is 5.02 Å². The summed E-state index contributed by atoms with van der Waals surface area (Å²) in [7, 11) is 0. The summed E-state index contributed by atoms with van der Waals surface area (Å²) in [5, 5.41) is 19.6. The van der Waals surface area contributed by atoms with E-state index in [0.717, 1.165) is 0 Å². The predicted octanol–water partition coefficient (Wildman–Crippen LogP) is 4.19. The Hall–Kier alpha value is -4.39. The number of nitrogens with zero attached hydrogens (tertiary/aromatic N) is 4. The third-order valence-corrected chi connectivity index (χ3v) is 8.68. The van der Waals surface area contributed by atoms with Gasteiger partial charge in [0.2, 0.25) is 5.91 Å². The number of rotatable bonds is 7. The highest BCUT2D eigenvalue weighted by molar-refractivity contribution is 7.10. The first-order valence-corrected chi connectivity index (χ1v) is 13.8. The molecule has 6 N–H and O–H groups in total. The summed E-state index contributed by atoms with van der Waals surface area (Å²) in [6.45, 7) is 1.87. The Morgan fingerprint density at radius 1 is 1.24 bits per heavy atom. The van der Waals surface area contributed by atoms with Gasteiger partial charge in [-0.25, -0.2) is 14.4 Å². The summed E-state index contributed by atoms with van der Waals surface area (Å²) in [5.74, 6) is -1.28. The smallest absolute Gasteiger partial charge is 0.320 e. The van der Waals surface area contributed by atoms with Crippen LogP contribution in [0.5, 0.6) is 0 Å². The van der Waals surface area contributed by atoms with E-state index in [1.54, 1.807) is 59.5 Å². The van der Waals surface area contributed by atoms with E-state index in [0.29, 0.717) is 43.2 Å². The summed E-state index contributed by atoms with van der Waals surface area (Å²) in [6.07, 6.45) is 0.119. The predicted molar refractivity (Wildman–Crippen MR) is 154 cm³/mol. The molecule has 0 saturated carbocycles. The number of carboxylic acid groups (broad SMARTS) is 1. The first kappa shape index (κ1) is 26.8. The van der Waals surface area contributed by atoms with Crippen molar-refractivity contribution in [3.63, 3.8) is 0 Å². The molecule has 0 spiro atoms. The lowest BCUT2D eigenvalue weighted by Gasteiger charge is -2.21. The topological polar surface area (TPSA) is 162 Å². The Morgan fingerprint density at radius 3 is 2.78 bits per heavy atom. The zero-order valence-electron chi connectivity index (χ0n) is 21.6. The number of nitrogen functional groups attached to an aromatic ring is 1. The average Bonchev–Trinajstić information content (AvgIpc) is 3.61. The minimum absolute atomic E-state index is 0.0915. The number of halogens is 2. The van der Waals surface area contributed by atoms with Gasteiger partial charge in [0.15, 0.2) is 5.82 Å². The SMILES string of the molecule is C[C@@]1(c2cc(C[C@@H](N)C(=O)O)cs2)C(=O)Nc2nc(-c3nn(Cc4ccccc4F)c4cc(Cl)ccc34)nc(N)c21. The first-order chi connectivity index (χ1) is 19.6. The maximum atomic E-state index is 14.5. The van der Waals surface area contributed by atoms with Gasteiger partial charge in [-0.2, -0.15) is 5.10 Å². The molecule has 2 atom stereocenters. The zero-order chi connectivity index (χ0) is 29.1. The fraction of sp³-hybridized carbons (Fsp3) is 0.179. The molecule has 1 aliphatic heterocycles. The lowest BCUT2D eigenvalue weighted by Crippen LogP contribution is -2.33. The van der Waals surface area contributed by atoms with E-state index in [-0.39, 0.29) is 42.2 Å². The molecule has 0 unspecified atom stereocenters. The molecule has 0 radical (unpaired) electrons. The molecule has 0 fully saturated rings. The van der Waals surface area contributed by atoms with E-state index in [4.69, 9.17) is 33.3 Å². The number of carbonyl (C=O) groups is 2. The number of amides is 1. The van der Waals surface area contributed by atoms with E-state index in [1.165, 1.54) is 17.4 Å². The van der Waals surface area contributed by atoms with Crippen LogP contribution < -0.4 is 16.8 Å². The van der Waals surface area contributed by atoms with E-state index in [2.05, 4.69) is 15.3 Å². The van der Waals surface area contributed by atoms with Crippen molar-refractivity contribution in [1.29, 1.82) is 0 Å². The molecule has 0 bridgehead atoms. The molecule has 5 aromatic rings. The van der Waals surface area contributed by atoms with Crippen LogP contribution in [0, 0.1) is 5.82 Å². The van der Waals surface area contributed by atoms with Crippen LogP contribution in [0.3, 0.4) is 0 Å². The Kier molecular flexibility index (Phi) is 6.48. The maximum Gasteiger partial charge on any atom is 0.320 e. The van der Waals surface area contributed by atoms with E-state index >= 15 is 0 Å². The Balaban J connectivity index is 1.42. The van der Waals surface area contributed by atoms with Crippen LogP contribution in [0.25, 0.3) is 22.4 Å². The Labute approximate surface area is 241 Å². The number of carbonyl (C=O) groups excluding carboxylic acids is 1. The number of thiophene rings is 1. The summed E-state index contributed by atoms with van der Waals surface area (Å²) >= 11 is 7.59. The number of anilines is 2. The molecule has 6 rings (SSSR count). The molecule has 10 nitrogen and oxygen atoms in total. The quantitative estimate of drug-likeness (QED) is 0.219. The number of aromatic nitrogens is 4. The second-order valence-corrected chi connectivity index (χ2v) is 11.3. The van der Waals surface area contributed by atoms with Crippen molar-refractivity contribution in [1.82, 2.24) is 19.7 Å². The van der Waals surface area contributed by atoms with Crippen molar-refractivity contribution in [3.05, 3.63) is 86.3 Å². The van der Waals surface area contributed by atoms with Gasteiger partial charge < -0.3 is 21.9 Å². The van der Waals surface area contributed by atoms with Gasteiger partial charge in [-0.3, -0.25) is 14.3 Å². The van der Waals surface area contributed by atoms with E-state index < -0.39 is 17.4 Å². The minimum atomic E-state index is -1.20. The highest BCUT2D eigenvalue weighted by atomic mass is 35.5. The molecule has 4 heterocycles. The number of hydrogen-bond donors (Lipinski definition) is 4. The highest BCUT2D eigenvalue weighted by Crippen LogP contribution is 2.47. The van der Waals surface area contributed by atoms with Gasteiger partial charge in [0, 0.05) is 20.8 Å². The lowest BCUT2D eigenvalue weighted by atomic mass is 9.82.